The third kappa shape index (κ3) is 2.38. The van der Waals surface area contributed by atoms with Crippen molar-refractivity contribution in [3.8, 4) is 0 Å². The molecule has 2 nitrogen and oxygen atoms in total. The van der Waals surface area contributed by atoms with Crippen molar-refractivity contribution in [3.63, 3.8) is 0 Å². The molecule has 0 saturated heterocycles. The van der Waals surface area contributed by atoms with Crippen LogP contribution in [-0.2, 0) is 6.42 Å². The van der Waals surface area contributed by atoms with Crippen LogP contribution in [0.4, 0.5) is 17.1 Å². The van der Waals surface area contributed by atoms with Gasteiger partial charge < -0.3 is 10.2 Å². The number of nitrogens with zero attached hydrogens (tertiary/aromatic N) is 1. The molecule has 0 atom stereocenters. The van der Waals surface area contributed by atoms with Gasteiger partial charge in [0.15, 0.2) is 0 Å². The van der Waals surface area contributed by atoms with Gasteiger partial charge in [0.25, 0.3) is 0 Å². The van der Waals surface area contributed by atoms with Crippen LogP contribution in [0.15, 0.2) is 42.5 Å². The molecule has 0 unspecified atom stereocenters. The summed E-state index contributed by atoms with van der Waals surface area (Å²) < 4.78 is 0. The lowest BCUT2D eigenvalue weighted by atomic mass is 10.0. The van der Waals surface area contributed by atoms with Crippen LogP contribution >= 0.6 is 0 Å². The molecule has 1 aliphatic heterocycles. The second kappa shape index (κ2) is 5.20. The van der Waals surface area contributed by atoms with Crippen molar-refractivity contribution in [1.82, 2.24) is 0 Å². The van der Waals surface area contributed by atoms with Crippen LogP contribution in [0, 0.1) is 0 Å². The van der Waals surface area contributed by atoms with Crippen LogP contribution < -0.4 is 10.2 Å². The number of para-hydroxylation sites is 1. The van der Waals surface area contributed by atoms with E-state index in [0.717, 1.165) is 13.0 Å². The normalized spacial score (nSPS) is 13.7. The molecular formula is C18H22N2. The third-order valence-corrected chi connectivity index (χ3v) is 4.07. The van der Waals surface area contributed by atoms with Crippen molar-refractivity contribution in [3.05, 3.63) is 53.6 Å². The third-order valence-electron chi connectivity index (χ3n) is 4.07. The first-order valence-electron chi connectivity index (χ1n) is 7.35. The molecule has 0 bridgehead atoms. The van der Waals surface area contributed by atoms with Gasteiger partial charge in [0.05, 0.1) is 0 Å². The molecule has 1 N–H and O–H groups in total. The highest BCUT2D eigenvalue weighted by molar-refractivity contribution is 5.69. The first-order chi connectivity index (χ1) is 9.65. The van der Waals surface area contributed by atoms with Crippen molar-refractivity contribution in [2.45, 2.75) is 26.2 Å². The molecule has 104 valence electrons. The number of benzene rings is 2. The molecule has 2 aromatic carbocycles. The summed E-state index contributed by atoms with van der Waals surface area (Å²) in [5.41, 5.74) is 6.58. The first kappa shape index (κ1) is 13.0. The van der Waals surface area contributed by atoms with E-state index in [0.29, 0.717) is 5.92 Å². The van der Waals surface area contributed by atoms with E-state index in [4.69, 9.17) is 0 Å². The van der Waals surface area contributed by atoms with E-state index in [-0.39, 0.29) is 0 Å². The first-order valence-corrected chi connectivity index (χ1v) is 7.35. The Kier molecular flexibility index (Phi) is 3.39. The Morgan fingerprint density at radius 3 is 2.70 bits per heavy atom. The lowest BCUT2D eigenvalue weighted by molar-refractivity contribution is 0.869. The van der Waals surface area contributed by atoms with Crippen molar-refractivity contribution < 1.29 is 0 Å². The van der Waals surface area contributed by atoms with Crippen LogP contribution in [-0.4, -0.2) is 13.6 Å². The second-order valence-corrected chi connectivity index (χ2v) is 5.88. The molecule has 0 spiro atoms. The van der Waals surface area contributed by atoms with Crippen LogP contribution in [0.25, 0.3) is 0 Å². The number of hydrogen-bond donors (Lipinski definition) is 1. The fourth-order valence-corrected chi connectivity index (χ4v) is 2.91. The lowest BCUT2D eigenvalue weighted by Crippen LogP contribution is -2.12. The summed E-state index contributed by atoms with van der Waals surface area (Å²) >= 11 is 0. The Hall–Kier alpha value is -1.96. The molecule has 0 aromatic heterocycles. The van der Waals surface area contributed by atoms with Gasteiger partial charge >= 0.3 is 0 Å². The van der Waals surface area contributed by atoms with E-state index in [9.17, 15) is 0 Å². The molecular weight excluding hydrogens is 244 g/mol. The Bertz CT molecular complexity index is 617. The molecule has 0 saturated carbocycles. The van der Waals surface area contributed by atoms with Gasteiger partial charge in [-0.15, -0.1) is 0 Å². The lowest BCUT2D eigenvalue weighted by Gasteiger charge is -2.16. The van der Waals surface area contributed by atoms with Gasteiger partial charge in [-0.3, -0.25) is 0 Å². The van der Waals surface area contributed by atoms with E-state index in [1.54, 1.807) is 0 Å². The van der Waals surface area contributed by atoms with Crippen LogP contribution in [0.2, 0.25) is 0 Å². The largest absolute Gasteiger partial charge is 0.374 e. The molecule has 2 aromatic rings. The van der Waals surface area contributed by atoms with Gasteiger partial charge in [0.1, 0.15) is 0 Å². The van der Waals surface area contributed by atoms with Crippen molar-refractivity contribution in [1.29, 1.82) is 0 Å². The van der Waals surface area contributed by atoms with Gasteiger partial charge in [-0.2, -0.15) is 0 Å². The quantitative estimate of drug-likeness (QED) is 0.877. The Morgan fingerprint density at radius 2 is 1.90 bits per heavy atom. The van der Waals surface area contributed by atoms with Crippen LogP contribution in [0.1, 0.15) is 30.9 Å². The molecule has 0 amide bonds. The minimum absolute atomic E-state index is 0.527. The molecule has 0 radical (unpaired) electrons. The van der Waals surface area contributed by atoms with E-state index in [2.05, 4.69) is 73.6 Å². The summed E-state index contributed by atoms with van der Waals surface area (Å²) in [5, 5.41) is 3.58. The van der Waals surface area contributed by atoms with Gasteiger partial charge in [-0.05, 0) is 47.7 Å². The van der Waals surface area contributed by atoms with Crippen LogP contribution in [0.5, 0.6) is 0 Å². The number of fused-ring (bicyclic) bond motifs is 1. The number of rotatable bonds is 3. The second-order valence-electron chi connectivity index (χ2n) is 5.88. The molecule has 3 rings (SSSR count). The zero-order chi connectivity index (χ0) is 14.1. The Labute approximate surface area is 121 Å². The number of hydrogen-bond acceptors (Lipinski definition) is 2. The highest BCUT2D eigenvalue weighted by Gasteiger charge is 2.15. The summed E-state index contributed by atoms with van der Waals surface area (Å²) in [6, 6.07) is 15.3. The fourth-order valence-electron chi connectivity index (χ4n) is 2.91. The molecule has 1 heterocycles. The predicted octanol–water partition coefficient (Wildman–Crippen LogP) is 4.55. The van der Waals surface area contributed by atoms with Crippen molar-refractivity contribution in [2.75, 3.05) is 23.8 Å². The van der Waals surface area contributed by atoms with Gasteiger partial charge in [0.2, 0.25) is 0 Å². The average Bonchev–Trinajstić information content (AvgIpc) is 2.80. The minimum atomic E-state index is 0.527. The predicted molar refractivity (Wildman–Crippen MR) is 87.2 cm³/mol. The monoisotopic (exact) mass is 266 g/mol. The summed E-state index contributed by atoms with van der Waals surface area (Å²) in [7, 11) is 2.16. The zero-order valence-electron chi connectivity index (χ0n) is 12.5. The smallest absolute Gasteiger partial charge is 0.0419 e. The maximum Gasteiger partial charge on any atom is 0.0419 e. The zero-order valence-corrected chi connectivity index (χ0v) is 12.5. The van der Waals surface area contributed by atoms with E-state index < -0.39 is 0 Å². The van der Waals surface area contributed by atoms with Crippen molar-refractivity contribution >= 4 is 17.1 Å². The van der Waals surface area contributed by atoms with Crippen LogP contribution in [0.3, 0.4) is 0 Å². The van der Waals surface area contributed by atoms with Gasteiger partial charge in [0, 0.05) is 30.7 Å². The topological polar surface area (TPSA) is 15.3 Å². The molecule has 0 fully saturated rings. The summed E-state index contributed by atoms with van der Waals surface area (Å²) in [6.45, 7) is 5.59. The molecule has 20 heavy (non-hydrogen) atoms. The Balaban J connectivity index is 1.89. The highest BCUT2D eigenvalue weighted by atomic mass is 15.1. The van der Waals surface area contributed by atoms with Crippen molar-refractivity contribution in [2.24, 2.45) is 0 Å². The number of nitrogens with one attached hydrogen (secondary N) is 1. The standard InChI is InChI=1S/C18H22N2/c1-13(2)16-6-4-5-7-17(16)19-15-8-9-18-14(12-15)10-11-20(18)3/h4-9,12-13,19H,10-11H2,1-3H3. The van der Waals surface area contributed by atoms with Gasteiger partial charge in [-0.25, -0.2) is 0 Å². The summed E-state index contributed by atoms with van der Waals surface area (Å²) in [6.07, 6.45) is 1.15. The number of anilines is 3. The Morgan fingerprint density at radius 1 is 1.10 bits per heavy atom. The van der Waals surface area contributed by atoms with E-state index >= 15 is 0 Å². The van der Waals surface area contributed by atoms with E-state index in [1.807, 2.05) is 0 Å². The van der Waals surface area contributed by atoms with E-state index in [1.165, 1.54) is 28.2 Å². The minimum Gasteiger partial charge on any atom is -0.374 e. The maximum absolute atomic E-state index is 3.58. The molecule has 1 aliphatic rings. The SMILES string of the molecule is CC(C)c1ccccc1Nc1ccc2c(c1)CCN2C. The van der Waals surface area contributed by atoms with Gasteiger partial charge in [-0.1, -0.05) is 32.0 Å². The average molecular weight is 266 g/mol. The molecule has 0 aliphatic carbocycles. The highest BCUT2D eigenvalue weighted by Crippen LogP contribution is 2.32. The molecule has 2 heteroatoms. The fraction of sp³-hybridized carbons (Fsp3) is 0.333. The maximum atomic E-state index is 3.58. The summed E-state index contributed by atoms with van der Waals surface area (Å²) in [4.78, 5) is 2.32. The number of likely N-dealkylation sites (N-methyl/N-ethyl adjacent to an activating group) is 1. The summed E-state index contributed by atoms with van der Waals surface area (Å²) in [5.74, 6) is 0.527.